The summed E-state index contributed by atoms with van der Waals surface area (Å²) in [6, 6.07) is 1.75. The summed E-state index contributed by atoms with van der Waals surface area (Å²) >= 11 is 1.31. The molecule has 114 valence electrons. The number of carbonyl (C=O) groups excluding carboxylic acids is 1. The molecule has 4 nitrogen and oxygen atoms in total. The molecule has 0 aliphatic heterocycles. The van der Waals surface area contributed by atoms with Crippen molar-refractivity contribution in [2.45, 2.75) is 65.2 Å². The SMILES string of the molecule is CCCCCCCCCCNC(=O)Nc1cc(C)ns1. The zero-order chi connectivity index (χ0) is 14.6. The summed E-state index contributed by atoms with van der Waals surface area (Å²) in [4.78, 5) is 11.6. The second-order valence-electron chi connectivity index (χ2n) is 5.19. The molecule has 0 saturated carbocycles. The Labute approximate surface area is 126 Å². The Bertz CT molecular complexity index is 379. The number of amides is 2. The lowest BCUT2D eigenvalue weighted by Crippen LogP contribution is -2.29. The van der Waals surface area contributed by atoms with Crippen LogP contribution in [0.3, 0.4) is 0 Å². The average molecular weight is 297 g/mol. The second kappa shape index (κ2) is 10.7. The number of aromatic nitrogens is 1. The van der Waals surface area contributed by atoms with Crippen molar-refractivity contribution in [3.8, 4) is 0 Å². The van der Waals surface area contributed by atoms with Gasteiger partial charge in [-0.1, -0.05) is 51.9 Å². The van der Waals surface area contributed by atoms with Crippen LogP contribution in [-0.2, 0) is 0 Å². The van der Waals surface area contributed by atoms with E-state index < -0.39 is 0 Å². The molecule has 0 atom stereocenters. The van der Waals surface area contributed by atoms with E-state index in [2.05, 4.69) is 21.9 Å². The van der Waals surface area contributed by atoms with Crippen molar-refractivity contribution >= 4 is 22.6 Å². The molecule has 0 aliphatic rings. The normalized spacial score (nSPS) is 10.5. The largest absolute Gasteiger partial charge is 0.338 e. The first-order valence-electron chi connectivity index (χ1n) is 7.70. The van der Waals surface area contributed by atoms with E-state index in [0.29, 0.717) is 0 Å². The number of aryl methyl sites for hydroxylation is 1. The van der Waals surface area contributed by atoms with Crippen molar-refractivity contribution in [1.29, 1.82) is 0 Å². The summed E-state index contributed by atoms with van der Waals surface area (Å²) in [6.45, 7) is 4.91. The van der Waals surface area contributed by atoms with Crippen LogP contribution in [-0.4, -0.2) is 16.9 Å². The Hall–Kier alpha value is -1.10. The molecule has 5 heteroatoms. The van der Waals surface area contributed by atoms with Crippen LogP contribution in [0.25, 0.3) is 0 Å². The maximum absolute atomic E-state index is 11.6. The lowest BCUT2D eigenvalue weighted by molar-refractivity contribution is 0.252. The minimum absolute atomic E-state index is 0.128. The third-order valence-corrected chi connectivity index (χ3v) is 3.98. The smallest absolute Gasteiger partial charge is 0.319 e. The van der Waals surface area contributed by atoms with Crippen LogP contribution in [0.5, 0.6) is 0 Å². The maximum atomic E-state index is 11.6. The lowest BCUT2D eigenvalue weighted by Gasteiger charge is -2.05. The summed E-state index contributed by atoms with van der Waals surface area (Å²) in [5.74, 6) is 0. The van der Waals surface area contributed by atoms with Crippen LogP contribution >= 0.6 is 11.5 Å². The van der Waals surface area contributed by atoms with Crippen molar-refractivity contribution in [2.24, 2.45) is 0 Å². The highest BCUT2D eigenvalue weighted by Crippen LogP contribution is 2.14. The van der Waals surface area contributed by atoms with Crippen LogP contribution < -0.4 is 10.6 Å². The van der Waals surface area contributed by atoms with E-state index in [1.54, 1.807) is 0 Å². The summed E-state index contributed by atoms with van der Waals surface area (Å²) in [5, 5.41) is 6.48. The Balaban J connectivity index is 1.92. The van der Waals surface area contributed by atoms with E-state index in [0.717, 1.165) is 23.7 Å². The highest BCUT2D eigenvalue weighted by molar-refractivity contribution is 7.10. The Kier molecular flexibility index (Phi) is 9.04. The van der Waals surface area contributed by atoms with E-state index in [4.69, 9.17) is 0 Å². The molecule has 1 aromatic heterocycles. The van der Waals surface area contributed by atoms with Crippen LogP contribution in [0.1, 0.15) is 64.0 Å². The predicted octanol–water partition coefficient (Wildman–Crippen LogP) is 4.71. The molecule has 1 heterocycles. The van der Waals surface area contributed by atoms with E-state index in [1.807, 2.05) is 13.0 Å². The number of unbranched alkanes of at least 4 members (excludes halogenated alkanes) is 7. The summed E-state index contributed by atoms with van der Waals surface area (Å²) < 4.78 is 4.12. The standard InChI is InChI=1S/C15H27N3OS/c1-3-4-5-6-7-8-9-10-11-16-15(19)17-14-12-13(2)18-20-14/h12H,3-11H2,1-2H3,(H2,16,17,19). The van der Waals surface area contributed by atoms with Gasteiger partial charge in [0.15, 0.2) is 0 Å². The molecule has 0 unspecified atom stereocenters. The molecule has 0 bridgehead atoms. The van der Waals surface area contributed by atoms with Crippen LogP contribution in [0.4, 0.5) is 9.80 Å². The van der Waals surface area contributed by atoms with Crippen molar-refractivity contribution in [3.05, 3.63) is 11.8 Å². The van der Waals surface area contributed by atoms with Gasteiger partial charge in [0.05, 0.1) is 5.69 Å². The first-order valence-corrected chi connectivity index (χ1v) is 8.48. The van der Waals surface area contributed by atoms with Gasteiger partial charge in [-0.2, -0.15) is 4.37 Å². The topological polar surface area (TPSA) is 54.0 Å². The number of carbonyl (C=O) groups is 1. The van der Waals surface area contributed by atoms with Gasteiger partial charge in [-0.05, 0) is 30.9 Å². The minimum atomic E-state index is -0.128. The van der Waals surface area contributed by atoms with Gasteiger partial charge in [-0.15, -0.1) is 0 Å². The molecule has 0 aliphatic carbocycles. The monoisotopic (exact) mass is 297 g/mol. The van der Waals surface area contributed by atoms with Gasteiger partial charge >= 0.3 is 6.03 Å². The number of urea groups is 1. The van der Waals surface area contributed by atoms with E-state index in [1.165, 1.54) is 56.5 Å². The van der Waals surface area contributed by atoms with E-state index in [-0.39, 0.29) is 6.03 Å². The van der Waals surface area contributed by atoms with Crippen molar-refractivity contribution < 1.29 is 4.79 Å². The van der Waals surface area contributed by atoms with Gasteiger partial charge in [0, 0.05) is 6.54 Å². The highest BCUT2D eigenvalue weighted by atomic mass is 32.1. The predicted molar refractivity (Wildman–Crippen MR) is 86.5 cm³/mol. The zero-order valence-corrected chi connectivity index (χ0v) is 13.5. The lowest BCUT2D eigenvalue weighted by atomic mass is 10.1. The number of hydrogen-bond acceptors (Lipinski definition) is 3. The molecule has 1 rings (SSSR count). The fraction of sp³-hybridized carbons (Fsp3) is 0.733. The van der Waals surface area contributed by atoms with Crippen LogP contribution in [0.2, 0.25) is 0 Å². The number of rotatable bonds is 10. The number of hydrogen-bond donors (Lipinski definition) is 2. The highest BCUT2D eigenvalue weighted by Gasteiger charge is 2.03. The number of nitrogens with one attached hydrogen (secondary N) is 2. The number of anilines is 1. The van der Waals surface area contributed by atoms with Crippen molar-refractivity contribution in [2.75, 3.05) is 11.9 Å². The third-order valence-electron chi connectivity index (χ3n) is 3.18. The van der Waals surface area contributed by atoms with Crippen molar-refractivity contribution in [3.63, 3.8) is 0 Å². The summed E-state index contributed by atoms with van der Waals surface area (Å²) in [5.41, 5.74) is 0.938. The van der Waals surface area contributed by atoms with Crippen LogP contribution in [0.15, 0.2) is 6.07 Å². The molecule has 0 fully saturated rings. The number of nitrogens with zero attached hydrogens (tertiary/aromatic N) is 1. The molecule has 2 amide bonds. The summed E-state index contributed by atoms with van der Waals surface area (Å²) in [7, 11) is 0. The first kappa shape index (κ1) is 17.0. The van der Waals surface area contributed by atoms with Gasteiger partial charge in [-0.25, -0.2) is 4.79 Å². The second-order valence-corrected chi connectivity index (χ2v) is 5.99. The van der Waals surface area contributed by atoms with Gasteiger partial charge in [0.2, 0.25) is 0 Å². The molecule has 0 radical (unpaired) electrons. The fourth-order valence-electron chi connectivity index (χ4n) is 2.04. The van der Waals surface area contributed by atoms with E-state index >= 15 is 0 Å². The van der Waals surface area contributed by atoms with E-state index in [9.17, 15) is 4.79 Å². The van der Waals surface area contributed by atoms with Gasteiger partial charge in [-0.3, -0.25) is 5.32 Å². The molecule has 0 saturated heterocycles. The van der Waals surface area contributed by atoms with Gasteiger partial charge in [0.25, 0.3) is 0 Å². The Morgan fingerprint density at radius 2 is 1.80 bits per heavy atom. The molecule has 0 aromatic carbocycles. The van der Waals surface area contributed by atoms with Gasteiger partial charge in [0.1, 0.15) is 5.00 Å². The molecule has 1 aromatic rings. The molecule has 2 N–H and O–H groups in total. The Morgan fingerprint density at radius 3 is 2.40 bits per heavy atom. The maximum Gasteiger partial charge on any atom is 0.319 e. The molecular weight excluding hydrogens is 270 g/mol. The molecule has 20 heavy (non-hydrogen) atoms. The van der Waals surface area contributed by atoms with Crippen molar-refractivity contribution in [1.82, 2.24) is 9.69 Å². The third kappa shape index (κ3) is 8.15. The quantitative estimate of drug-likeness (QED) is 0.614. The van der Waals surface area contributed by atoms with Crippen LogP contribution in [0, 0.1) is 6.92 Å². The van der Waals surface area contributed by atoms with Gasteiger partial charge < -0.3 is 5.32 Å². The summed E-state index contributed by atoms with van der Waals surface area (Å²) in [6.07, 6.45) is 10.2. The first-order chi connectivity index (χ1) is 9.72. The molecule has 0 spiro atoms. The molecular formula is C15H27N3OS. The average Bonchev–Trinajstić information content (AvgIpc) is 2.82. The Morgan fingerprint density at radius 1 is 1.15 bits per heavy atom. The minimum Gasteiger partial charge on any atom is -0.338 e. The zero-order valence-electron chi connectivity index (χ0n) is 12.7. The fourth-order valence-corrected chi connectivity index (χ4v) is 2.70.